The summed E-state index contributed by atoms with van der Waals surface area (Å²) in [4.78, 5) is 4.08. The van der Waals surface area contributed by atoms with Crippen molar-refractivity contribution in [3.63, 3.8) is 0 Å². The first-order chi connectivity index (χ1) is 8.42. The second-order valence-corrected chi connectivity index (χ2v) is 3.85. The molecule has 7 heteroatoms. The van der Waals surface area contributed by atoms with E-state index in [-0.39, 0.29) is 12.3 Å². The van der Waals surface area contributed by atoms with E-state index in [0.29, 0.717) is 11.0 Å². The van der Waals surface area contributed by atoms with E-state index in [4.69, 9.17) is 10.5 Å². The number of hydrogen-bond donors (Lipinski definition) is 1. The van der Waals surface area contributed by atoms with E-state index in [0.717, 1.165) is 5.69 Å². The van der Waals surface area contributed by atoms with Crippen LogP contribution in [0.25, 0.3) is 11.0 Å². The zero-order chi connectivity index (χ0) is 13.3. The number of halogens is 3. The van der Waals surface area contributed by atoms with E-state index in [1.807, 2.05) is 0 Å². The third-order valence-corrected chi connectivity index (χ3v) is 2.59. The molecular weight excluding hydrogens is 247 g/mol. The zero-order valence-corrected chi connectivity index (χ0v) is 9.66. The van der Waals surface area contributed by atoms with Crippen molar-refractivity contribution in [2.45, 2.75) is 12.7 Å². The van der Waals surface area contributed by atoms with Gasteiger partial charge in [-0.2, -0.15) is 13.2 Å². The molecule has 0 saturated heterocycles. The van der Waals surface area contributed by atoms with Gasteiger partial charge in [0, 0.05) is 31.5 Å². The van der Waals surface area contributed by atoms with Gasteiger partial charge in [0.1, 0.15) is 11.3 Å². The maximum Gasteiger partial charge on any atom is 0.422 e. The maximum absolute atomic E-state index is 12.1. The maximum atomic E-state index is 12.1. The number of aromatic nitrogens is 2. The second kappa shape index (κ2) is 4.49. The fourth-order valence-electron chi connectivity index (χ4n) is 1.76. The Labute approximate surface area is 101 Å². The summed E-state index contributed by atoms with van der Waals surface area (Å²) >= 11 is 0. The van der Waals surface area contributed by atoms with Crippen LogP contribution in [-0.2, 0) is 13.6 Å². The Kier molecular flexibility index (Phi) is 3.16. The van der Waals surface area contributed by atoms with Gasteiger partial charge in [0.25, 0.3) is 0 Å². The van der Waals surface area contributed by atoms with Crippen molar-refractivity contribution in [3.05, 3.63) is 24.0 Å². The SMILES string of the molecule is Cn1c(CN)cc2nccc(OCC(F)(F)F)c21. The van der Waals surface area contributed by atoms with E-state index in [2.05, 4.69) is 4.98 Å². The largest absolute Gasteiger partial charge is 0.482 e. The summed E-state index contributed by atoms with van der Waals surface area (Å²) in [5, 5.41) is 0. The highest BCUT2D eigenvalue weighted by atomic mass is 19.4. The van der Waals surface area contributed by atoms with Crippen LogP contribution in [-0.4, -0.2) is 22.3 Å². The molecule has 0 unspecified atom stereocenters. The lowest BCUT2D eigenvalue weighted by Crippen LogP contribution is -2.19. The van der Waals surface area contributed by atoms with Crippen LogP contribution in [0.1, 0.15) is 5.69 Å². The van der Waals surface area contributed by atoms with Crippen molar-refractivity contribution in [1.29, 1.82) is 0 Å². The molecule has 0 spiro atoms. The summed E-state index contributed by atoms with van der Waals surface area (Å²) in [5.41, 5.74) is 7.40. The van der Waals surface area contributed by atoms with Gasteiger partial charge in [-0.1, -0.05) is 0 Å². The Hall–Kier alpha value is -1.76. The normalized spacial score (nSPS) is 12.1. The quantitative estimate of drug-likeness (QED) is 0.916. The first kappa shape index (κ1) is 12.7. The molecule has 2 N–H and O–H groups in total. The van der Waals surface area contributed by atoms with Crippen LogP contribution in [0.15, 0.2) is 18.3 Å². The predicted molar refractivity (Wildman–Crippen MR) is 60.2 cm³/mol. The van der Waals surface area contributed by atoms with Crippen molar-refractivity contribution in [3.8, 4) is 5.75 Å². The molecule has 0 aromatic carbocycles. The number of nitrogens with two attached hydrogens (primary N) is 1. The molecule has 0 saturated carbocycles. The van der Waals surface area contributed by atoms with Gasteiger partial charge in [-0.05, 0) is 6.07 Å². The summed E-state index contributed by atoms with van der Waals surface area (Å²) < 4.78 is 42.9. The molecule has 0 aliphatic carbocycles. The fraction of sp³-hybridized carbons (Fsp3) is 0.364. The van der Waals surface area contributed by atoms with Crippen molar-refractivity contribution >= 4 is 11.0 Å². The molecule has 98 valence electrons. The Morgan fingerprint density at radius 1 is 1.44 bits per heavy atom. The summed E-state index contributed by atoms with van der Waals surface area (Å²) in [6, 6.07) is 3.14. The Morgan fingerprint density at radius 3 is 2.78 bits per heavy atom. The number of fused-ring (bicyclic) bond motifs is 1. The van der Waals surface area contributed by atoms with Crippen LogP contribution < -0.4 is 10.5 Å². The Morgan fingerprint density at radius 2 is 2.17 bits per heavy atom. The van der Waals surface area contributed by atoms with E-state index >= 15 is 0 Å². The van der Waals surface area contributed by atoms with Gasteiger partial charge in [0.2, 0.25) is 0 Å². The average molecular weight is 259 g/mol. The lowest BCUT2D eigenvalue weighted by Gasteiger charge is -2.11. The van der Waals surface area contributed by atoms with E-state index in [1.54, 1.807) is 17.7 Å². The number of pyridine rings is 1. The third kappa shape index (κ3) is 2.40. The summed E-state index contributed by atoms with van der Waals surface area (Å²) in [6.07, 6.45) is -2.95. The number of rotatable bonds is 3. The molecule has 2 aromatic heterocycles. The molecule has 0 amide bonds. The van der Waals surface area contributed by atoms with Gasteiger partial charge in [-0.3, -0.25) is 4.98 Å². The minimum Gasteiger partial charge on any atom is -0.482 e. The number of ether oxygens (including phenoxy) is 1. The van der Waals surface area contributed by atoms with Crippen molar-refractivity contribution in [1.82, 2.24) is 9.55 Å². The van der Waals surface area contributed by atoms with Gasteiger partial charge in [0.05, 0.1) is 5.52 Å². The van der Waals surface area contributed by atoms with Crippen LogP contribution in [0, 0.1) is 0 Å². The average Bonchev–Trinajstić information content (AvgIpc) is 2.63. The second-order valence-electron chi connectivity index (χ2n) is 3.85. The van der Waals surface area contributed by atoms with E-state index in [1.165, 1.54) is 12.3 Å². The number of hydrogen-bond acceptors (Lipinski definition) is 3. The van der Waals surface area contributed by atoms with Crippen LogP contribution in [0.3, 0.4) is 0 Å². The minimum absolute atomic E-state index is 0.152. The Bertz CT molecular complexity index is 562. The van der Waals surface area contributed by atoms with Crippen LogP contribution in [0.4, 0.5) is 13.2 Å². The molecular formula is C11H12F3N3O. The summed E-state index contributed by atoms with van der Waals surface area (Å²) in [5.74, 6) is 0.152. The molecule has 0 aliphatic heterocycles. The third-order valence-electron chi connectivity index (χ3n) is 2.59. The van der Waals surface area contributed by atoms with Gasteiger partial charge < -0.3 is 15.0 Å². The molecule has 18 heavy (non-hydrogen) atoms. The fourth-order valence-corrected chi connectivity index (χ4v) is 1.76. The van der Waals surface area contributed by atoms with Crippen LogP contribution in [0.5, 0.6) is 5.75 Å². The van der Waals surface area contributed by atoms with E-state index in [9.17, 15) is 13.2 Å². The molecule has 2 heterocycles. The van der Waals surface area contributed by atoms with E-state index < -0.39 is 12.8 Å². The molecule has 0 radical (unpaired) electrons. The monoisotopic (exact) mass is 259 g/mol. The molecule has 0 fully saturated rings. The molecule has 0 atom stereocenters. The molecule has 2 aromatic rings. The smallest absolute Gasteiger partial charge is 0.422 e. The first-order valence-corrected chi connectivity index (χ1v) is 5.25. The van der Waals surface area contributed by atoms with Gasteiger partial charge >= 0.3 is 6.18 Å². The number of aryl methyl sites for hydroxylation is 1. The van der Waals surface area contributed by atoms with Crippen LogP contribution >= 0.6 is 0 Å². The highest BCUT2D eigenvalue weighted by Gasteiger charge is 2.29. The Balaban J connectivity index is 2.41. The van der Waals surface area contributed by atoms with Crippen molar-refractivity contribution < 1.29 is 17.9 Å². The molecule has 4 nitrogen and oxygen atoms in total. The highest BCUT2D eigenvalue weighted by Crippen LogP contribution is 2.27. The summed E-state index contributed by atoms with van der Waals surface area (Å²) in [7, 11) is 1.71. The highest BCUT2D eigenvalue weighted by molar-refractivity contribution is 5.83. The van der Waals surface area contributed by atoms with Crippen LogP contribution in [0.2, 0.25) is 0 Å². The zero-order valence-electron chi connectivity index (χ0n) is 9.66. The minimum atomic E-state index is -4.36. The number of alkyl halides is 3. The lowest BCUT2D eigenvalue weighted by atomic mass is 10.3. The molecule has 0 bridgehead atoms. The van der Waals surface area contributed by atoms with Gasteiger partial charge in [-0.25, -0.2) is 0 Å². The topological polar surface area (TPSA) is 53.1 Å². The predicted octanol–water partition coefficient (Wildman–Crippen LogP) is 1.97. The van der Waals surface area contributed by atoms with Crippen molar-refractivity contribution in [2.24, 2.45) is 12.8 Å². The van der Waals surface area contributed by atoms with Crippen molar-refractivity contribution in [2.75, 3.05) is 6.61 Å². The standard InChI is InChI=1S/C11H12F3N3O/c1-17-7(5-15)4-8-10(17)9(2-3-16-8)18-6-11(12,13)14/h2-4H,5-6,15H2,1H3. The summed E-state index contributed by atoms with van der Waals surface area (Å²) in [6.45, 7) is -1.04. The van der Waals surface area contributed by atoms with Gasteiger partial charge in [0.15, 0.2) is 6.61 Å². The number of nitrogens with zero attached hydrogens (tertiary/aromatic N) is 2. The molecule has 0 aliphatic rings. The lowest BCUT2D eigenvalue weighted by molar-refractivity contribution is -0.153. The molecule has 2 rings (SSSR count). The van der Waals surface area contributed by atoms with Gasteiger partial charge in [-0.15, -0.1) is 0 Å². The first-order valence-electron chi connectivity index (χ1n) is 5.25.